The van der Waals surface area contributed by atoms with Crippen molar-refractivity contribution in [3.63, 3.8) is 0 Å². The van der Waals surface area contributed by atoms with Crippen LogP contribution in [0.15, 0.2) is 71.9 Å². The third-order valence-corrected chi connectivity index (χ3v) is 5.20. The van der Waals surface area contributed by atoms with Gasteiger partial charge in [-0.25, -0.2) is 23.1 Å². The minimum absolute atomic E-state index is 0.00780. The summed E-state index contributed by atoms with van der Waals surface area (Å²) in [5, 5.41) is 8.97. The Morgan fingerprint density at radius 2 is 1.47 bits per heavy atom. The molecule has 11 heteroatoms. The molecule has 0 radical (unpaired) electrons. The summed E-state index contributed by atoms with van der Waals surface area (Å²) in [6.45, 7) is 1.43. The number of sulfonamides is 1. The molecule has 4 N–H and O–H groups in total. The van der Waals surface area contributed by atoms with Gasteiger partial charge in [0.2, 0.25) is 11.9 Å². The van der Waals surface area contributed by atoms with Crippen LogP contribution >= 0.6 is 12.2 Å². The van der Waals surface area contributed by atoms with Crippen molar-refractivity contribution in [1.29, 1.82) is 0 Å². The first kappa shape index (κ1) is 21.1. The third kappa shape index (κ3) is 5.96. The number of nitrogens with one attached hydrogen (secondary N) is 4. The minimum Gasteiger partial charge on any atom is -0.332 e. The highest BCUT2D eigenvalue weighted by Gasteiger charge is 2.15. The number of hydrogen-bond acceptors (Lipinski definition) is 6. The first-order valence-corrected chi connectivity index (χ1v) is 10.6. The maximum absolute atomic E-state index is 12.4. The number of aromatic nitrogens is 2. The van der Waals surface area contributed by atoms with E-state index in [1.807, 2.05) is 0 Å². The zero-order valence-corrected chi connectivity index (χ0v) is 17.4. The van der Waals surface area contributed by atoms with Crippen molar-refractivity contribution < 1.29 is 13.2 Å². The van der Waals surface area contributed by atoms with E-state index in [-0.39, 0.29) is 16.8 Å². The van der Waals surface area contributed by atoms with Crippen LogP contribution in [0.5, 0.6) is 0 Å². The lowest BCUT2D eigenvalue weighted by molar-refractivity contribution is -0.114. The number of thiocarbonyl (C=S) groups is 1. The van der Waals surface area contributed by atoms with E-state index in [0.29, 0.717) is 22.2 Å². The van der Waals surface area contributed by atoms with Crippen LogP contribution < -0.4 is 20.7 Å². The van der Waals surface area contributed by atoms with Crippen molar-refractivity contribution in [1.82, 2.24) is 9.97 Å². The Kier molecular flexibility index (Phi) is 6.54. The molecule has 0 aliphatic rings. The third-order valence-electron chi connectivity index (χ3n) is 3.65. The van der Waals surface area contributed by atoms with Crippen LogP contribution in [0.3, 0.4) is 0 Å². The number of benzene rings is 2. The van der Waals surface area contributed by atoms with E-state index in [2.05, 4.69) is 30.6 Å². The molecule has 0 saturated heterocycles. The largest absolute Gasteiger partial charge is 0.332 e. The molecule has 0 aliphatic carbocycles. The number of carbonyl (C=O) groups is 1. The van der Waals surface area contributed by atoms with Crippen molar-refractivity contribution in [3.05, 3.63) is 67.0 Å². The number of carbonyl (C=O) groups excluding carboxylic acids is 1. The summed E-state index contributed by atoms with van der Waals surface area (Å²) in [6, 6.07) is 14.7. The van der Waals surface area contributed by atoms with Gasteiger partial charge in [-0.2, -0.15) is 0 Å². The van der Waals surface area contributed by atoms with Crippen molar-refractivity contribution in [2.45, 2.75) is 11.8 Å². The van der Waals surface area contributed by atoms with Gasteiger partial charge in [-0.05, 0) is 60.7 Å². The Morgan fingerprint density at radius 3 is 2.10 bits per heavy atom. The Labute approximate surface area is 179 Å². The van der Waals surface area contributed by atoms with Crippen LogP contribution in [0.4, 0.5) is 23.0 Å². The molecule has 0 atom stereocenters. The molecule has 2 aromatic carbocycles. The Morgan fingerprint density at radius 1 is 0.867 bits per heavy atom. The molecule has 3 rings (SSSR count). The maximum atomic E-state index is 12.4. The van der Waals surface area contributed by atoms with Gasteiger partial charge < -0.3 is 16.0 Å². The lowest BCUT2D eigenvalue weighted by Gasteiger charge is -2.12. The molecule has 1 heterocycles. The summed E-state index contributed by atoms with van der Waals surface area (Å²) in [7, 11) is -3.81. The van der Waals surface area contributed by atoms with Gasteiger partial charge >= 0.3 is 0 Å². The quantitative estimate of drug-likeness (QED) is 0.429. The van der Waals surface area contributed by atoms with Gasteiger partial charge in [-0.3, -0.25) is 4.79 Å². The van der Waals surface area contributed by atoms with Crippen molar-refractivity contribution in [2.24, 2.45) is 0 Å². The number of nitrogens with zero attached hydrogens (tertiary/aromatic N) is 2. The number of rotatable bonds is 6. The van der Waals surface area contributed by atoms with E-state index in [1.54, 1.807) is 42.5 Å². The highest BCUT2D eigenvalue weighted by Crippen LogP contribution is 2.18. The van der Waals surface area contributed by atoms with E-state index in [1.165, 1.54) is 31.5 Å². The Hall–Kier alpha value is -3.57. The van der Waals surface area contributed by atoms with Crippen LogP contribution in [0, 0.1) is 0 Å². The lowest BCUT2D eigenvalue weighted by atomic mass is 10.2. The predicted octanol–water partition coefficient (Wildman–Crippen LogP) is 3.04. The predicted molar refractivity (Wildman–Crippen MR) is 120 cm³/mol. The van der Waals surface area contributed by atoms with Gasteiger partial charge in [0.15, 0.2) is 5.11 Å². The molecule has 0 aliphatic heterocycles. The molecule has 0 bridgehead atoms. The highest BCUT2D eigenvalue weighted by atomic mass is 32.2. The van der Waals surface area contributed by atoms with Gasteiger partial charge in [-0.1, -0.05) is 6.07 Å². The average molecular weight is 443 g/mol. The molecular formula is C19H18N6O3S2. The zero-order valence-electron chi connectivity index (χ0n) is 15.8. The van der Waals surface area contributed by atoms with Gasteiger partial charge in [0.1, 0.15) is 0 Å². The fraction of sp³-hybridized carbons (Fsp3) is 0.0526. The molecule has 3 aromatic rings. The Balaban J connectivity index is 1.62. The van der Waals surface area contributed by atoms with E-state index in [4.69, 9.17) is 12.2 Å². The van der Waals surface area contributed by atoms with E-state index < -0.39 is 10.0 Å². The molecular weight excluding hydrogens is 424 g/mol. The fourth-order valence-corrected chi connectivity index (χ4v) is 3.61. The maximum Gasteiger partial charge on any atom is 0.264 e. The second-order valence-corrected chi connectivity index (χ2v) is 8.13. The standard InChI is InChI=1S/C19H18N6O3S2/c1-13(26)22-15-4-2-5-16(12-15)24-19(29)23-14-6-8-17(9-7-14)30(27,28)25-18-20-10-3-11-21-18/h2-12H,1H3,(H,22,26)(H,20,21,25)(H2,23,24,29). The number of anilines is 4. The zero-order chi connectivity index (χ0) is 21.6. The summed E-state index contributed by atoms with van der Waals surface area (Å²) < 4.78 is 27.1. The van der Waals surface area contributed by atoms with Crippen LogP contribution in [-0.2, 0) is 14.8 Å². The summed E-state index contributed by atoms with van der Waals surface area (Å²) in [5.41, 5.74) is 1.92. The van der Waals surface area contributed by atoms with Crippen LogP contribution in [0.2, 0.25) is 0 Å². The minimum atomic E-state index is -3.81. The monoisotopic (exact) mass is 442 g/mol. The van der Waals surface area contributed by atoms with Crippen molar-refractivity contribution in [2.75, 3.05) is 20.7 Å². The molecule has 154 valence electrons. The average Bonchev–Trinajstić information content (AvgIpc) is 2.68. The van der Waals surface area contributed by atoms with Gasteiger partial charge in [-0.15, -0.1) is 0 Å². The SMILES string of the molecule is CC(=O)Nc1cccc(NC(=S)Nc2ccc(S(=O)(=O)Nc3ncccn3)cc2)c1. The number of amides is 1. The first-order valence-electron chi connectivity index (χ1n) is 8.67. The molecule has 1 amide bonds. The molecule has 0 saturated carbocycles. The fourth-order valence-electron chi connectivity index (χ4n) is 2.42. The van der Waals surface area contributed by atoms with E-state index in [9.17, 15) is 13.2 Å². The number of hydrogen-bond donors (Lipinski definition) is 4. The van der Waals surface area contributed by atoms with Gasteiger partial charge in [0.05, 0.1) is 4.90 Å². The highest BCUT2D eigenvalue weighted by molar-refractivity contribution is 7.92. The Bertz CT molecular complexity index is 1150. The molecule has 0 unspecified atom stereocenters. The van der Waals surface area contributed by atoms with E-state index in [0.717, 1.165) is 0 Å². The molecule has 0 fully saturated rings. The molecule has 9 nitrogen and oxygen atoms in total. The molecule has 0 spiro atoms. The van der Waals surface area contributed by atoms with Crippen molar-refractivity contribution >= 4 is 56.3 Å². The van der Waals surface area contributed by atoms with Gasteiger partial charge in [0, 0.05) is 36.4 Å². The van der Waals surface area contributed by atoms with Crippen molar-refractivity contribution in [3.8, 4) is 0 Å². The van der Waals surface area contributed by atoms with Gasteiger partial charge in [0.25, 0.3) is 10.0 Å². The normalized spacial score (nSPS) is 10.7. The molecule has 1 aromatic heterocycles. The van der Waals surface area contributed by atoms with Crippen LogP contribution in [-0.4, -0.2) is 29.4 Å². The second kappa shape index (κ2) is 9.29. The van der Waals surface area contributed by atoms with Crippen LogP contribution in [0.25, 0.3) is 0 Å². The lowest BCUT2D eigenvalue weighted by Crippen LogP contribution is -2.19. The van der Waals surface area contributed by atoms with Crippen LogP contribution in [0.1, 0.15) is 6.92 Å². The smallest absolute Gasteiger partial charge is 0.264 e. The summed E-state index contributed by atoms with van der Waals surface area (Å²) in [4.78, 5) is 18.9. The second-order valence-electron chi connectivity index (χ2n) is 6.04. The van der Waals surface area contributed by atoms with E-state index >= 15 is 0 Å². The summed E-state index contributed by atoms with van der Waals surface area (Å²) in [6.07, 6.45) is 2.88. The summed E-state index contributed by atoms with van der Waals surface area (Å²) >= 11 is 5.29. The topological polar surface area (TPSA) is 125 Å². The summed E-state index contributed by atoms with van der Waals surface area (Å²) in [5.74, 6) is -0.178. The first-order chi connectivity index (χ1) is 14.3. The molecule has 30 heavy (non-hydrogen) atoms.